The Balaban J connectivity index is 1.56. The number of hydrogen-bond donors (Lipinski definition) is 1. The van der Waals surface area contributed by atoms with E-state index < -0.39 is 0 Å². The van der Waals surface area contributed by atoms with Crippen LogP contribution in [0.15, 0.2) is 43.0 Å². The number of anilines is 1. The number of hydrogen-bond acceptors (Lipinski definition) is 3. The van der Waals surface area contributed by atoms with Crippen molar-refractivity contribution in [1.82, 2.24) is 14.9 Å². The fourth-order valence-corrected chi connectivity index (χ4v) is 2.91. The van der Waals surface area contributed by atoms with Crippen LogP contribution >= 0.6 is 0 Å². The van der Waals surface area contributed by atoms with E-state index in [0.717, 1.165) is 13.1 Å². The zero-order chi connectivity index (χ0) is 14.5. The molecule has 0 spiro atoms. The Morgan fingerprint density at radius 2 is 2.14 bits per heavy atom. The largest absolute Gasteiger partial charge is 0.372 e. The van der Waals surface area contributed by atoms with E-state index in [1.165, 1.54) is 37.2 Å². The zero-order valence-corrected chi connectivity index (χ0v) is 12.7. The SMILES string of the molecule is C[C@H](NCCn1ccnc1)c1cccc(N2CCCC2)c1. The second-order valence-electron chi connectivity index (χ2n) is 5.77. The molecule has 1 atom stereocenters. The number of nitrogens with one attached hydrogen (secondary N) is 1. The molecule has 4 nitrogen and oxygen atoms in total. The van der Waals surface area contributed by atoms with Gasteiger partial charge in [-0.3, -0.25) is 0 Å². The van der Waals surface area contributed by atoms with Gasteiger partial charge in [0.25, 0.3) is 0 Å². The summed E-state index contributed by atoms with van der Waals surface area (Å²) in [6.45, 7) is 6.54. The second-order valence-corrected chi connectivity index (χ2v) is 5.77. The Hall–Kier alpha value is -1.81. The first-order chi connectivity index (χ1) is 10.3. The van der Waals surface area contributed by atoms with E-state index in [9.17, 15) is 0 Å². The molecule has 1 aliphatic heterocycles. The number of imidazole rings is 1. The summed E-state index contributed by atoms with van der Waals surface area (Å²) in [4.78, 5) is 6.55. The van der Waals surface area contributed by atoms with Crippen LogP contribution in [0.25, 0.3) is 0 Å². The predicted molar refractivity (Wildman–Crippen MR) is 86.5 cm³/mol. The zero-order valence-electron chi connectivity index (χ0n) is 12.7. The van der Waals surface area contributed by atoms with Gasteiger partial charge < -0.3 is 14.8 Å². The van der Waals surface area contributed by atoms with E-state index in [2.05, 4.69) is 51.0 Å². The molecular formula is C17H24N4. The molecule has 112 valence electrons. The molecular weight excluding hydrogens is 260 g/mol. The highest BCUT2D eigenvalue weighted by Gasteiger charge is 2.13. The van der Waals surface area contributed by atoms with Crippen LogP contribution in [0.5, 0.6) is 0 Å². The van der Waals surface area contributed by atoms with Crippen molar-refractivity contribution in [3.8, 4) is 0 Å². The minimum absolute atomic E-state index is 0.371. The Bertz CT molecular complexity index is 544. The van der Waals surface area contributed by atoms with Crippen molar-refractivity contribution < 1.29 is 0 Å². The van der Waals surface area contributed by atoms with Crippen molar-refractivity contribution in [2.45, 2.75) is 32.4 Å². The first-order valence-corrected chi connectivity index (χ1v) is 7.87. The van der Waals surface area contributed by atoms with E-state index in [0.29, 0.717) is 6.04 Å². The number of benzene rings is 1. The lowest BCUT2D eigenvalue weighted by molar-refractivity contribution is 0.531. The molecule has 4 heteroatoms. The lowest BCUT2D eigenvalue weighted by Gasteiger charge is -2.21. The highest BCUT2D eigenvalue weighted by molar-refractivity contribution is 5.49. The van der Waals surface area contributed by atoms with Crippen LogP contribution in [-0.4, -0.2) is 29.2 Å². The van der Waals surface area contributed by atoms with Gasteiger partial charge in [0.2, 0.25) is 0 Å². The maximum atomic E-state index is 4.06. The molecule has 21 heavy (non-hydrogen) atoms. The summed E-state index contributed by atoms with van der Waals surface area (Å²) in [5, 5.41) is 3.59. The molecule has 2 aromatic rings. The molecule has 1 N–H and O–H groups in total. The molecule has 2 heterocycles. The van der Waals surface area contributed by atoms with Crippen LogP contribution in [-0.2, 0) is 6.54 Å². The fraction of sp³-hybridized carbons (Fsp3) is 0.471. The van der Waals surface area contributed by atoms with Gasteiger partial charge in [0.05, 0.1) is 6.33 Å². The smallest absolute Gasteiger partial charge is 0.0946 e. The topological polar surface area (TPSA) is 33.1 Å². The number of aromatic nitrogens is 2. The quantitative estimate of drug-likeness (QED) is 0.885. The summed E-state index contributed by atoms with van der Waals surface area (Å²) in [6, 6.07) is 9.33. The van der Waals surface area contributed by atoms with Gasteiger partial charge in [-0.15, -0.1) is 0 Å². The average molecular weight is 284 g/mol. The summed E-state index contributed by atoms with van der Waals surface area (Å²) in [7, 11) is 0. The van der Waals surface area contributed by atoms with Gasteiger partial charge in [0, 0.05) is 50.3 Å². The fourth-order valence-electron chi connectivity index (χ4n) is 2.91. The van der Waals surface area contributed by atoms with Crippen molar-refractivity contribution in [2.75, 3.05) is 24.5 Å². The third kappa shape index (κ3) is 3.64. The molecule has 0 bridgehead atoms. The third-order valence-electron chi connectivity index (χ3n) is 4.22. The molecule has 0 saturated carbocycles. The van der Waals surface area contributed by atoms with Crippen LogP contribution in [0.2, 0.25) is 0 Å². The maximum absolute atomic E-state index is 4.06. The van der Waals surface area contributed by atoms with E-state index in [-0.39, 0.29) is 0 Å². The van der Waals surface area contributed by atoms with Crippen molar-refractivity contribution >= 4 is 5.69 Å². The maximum Gasteiger partial charge on any atom is 0.0946 e. The molecule has 1 fully saturated rings. The van der Waals surface area contributed by atoms with Gasteiger partial charge in [-0.1, -0.05) is 12.1 Å². The van der Waals surface area contributed by atoms with E-state index >= 15 is 0 Å². The third-order valence-corrected chi connectivity index (χ3v) is 4.22. The van der Waals surface area contributed by atoms with E-state index in [1.54, 1.807) is 0 Å². The van der Waals surface area contributed by atoms with E-state index in [1.807, 2.05) is 18.7 Å². The molecule has 1 aromatic heterocycles. The molecule has 1 aliphatic rings. The standard InChI is InChI=1S/C17H24N4/c1-15(19-8-12-20-11-7-18-14-20)16-5-4-6-17(13-16)21-9-2-3-10-21/h4-7,11,13-15,19H,2-3,8-10,12H2,1H3/t15-/m0/s1. The Labute approximate surface area is 126 Å². The summed E-state index contributed by atoms with van der Waals surface area (Å²) in [5.74, 6) is 0. The van der Waals surface area contributed by atoms with Crippen LogP contribution < -0.4 is 10.2 Å². The normalized spacial score (nSPS) is 16.3. The van der Waals surface area contributed by atoms with Crippen LogP contribution in [0.1, 0.15) is 31.4 Å². The minimum Gasteiger partial charge on any atom is -0.372 e. The highest BCUT2D eigenvalue weighted by atomic mass is 15.1. The van der Waals surface area contributed by atoms with Gasteiger partial charge in [-0.25, -0.2) is 4.98 Å². The molecule has 0 radical (unpaired) electrons. The molecule has 1 saturated heterocycles. The van der Waals surface area contributed by atoms with Crippen molar-refractivity contribution in [3.63, 3.8) is 0 Å². The molecule has 0 unspecified atom stereocenters. The van der Waals surface area contributed by atoms with Crippen molar-refractivity contribution in [2.24, 2.45) is 0 Å². The van der Waals surface area contributed by atoms with Gasteiger partial charge in [-0.05, 0) is 37.5 Å². The monoisotopic (exact) mass is 284 g/mol. The number of rotatable bonds is 6. The molecule has 0 aliphatic carbocycles. The summed E-state index contributed by atoms with van der Waals surface area (Å²) >= 11 is 0. The number of nitrogens with zero attached hydrogens (tertiary/aromatic N) is 3. The van der Waals surface area contributed by atoms with Crippen LogP contribution in [0.3, 0.4) is 0 Å². The van der Waals surface area contributed by atoms with Crippen LogP contribution in [0.4, 0.5) is 5.69 Å². The first-order valence-electron chi connectivity index (χ1n) is 7.87. The second kappa shape index (κ2) is 6.76. The predicted octanol–water partition coefficient (Wildman–Crippen LogP) is 2.83. The van der Waals surface area contributed by atoms with Gasteiger partial charge in [0.1, 0.15) is 0 Å². The molecule has 1 aromatic carbocycles. The van der Waals surface area contributed by atoms with Gasteiger partial charge >= 0.3 is 0 Å². The lowest BCUT2D eigenvalue weighted by atomic mass is 10.1. The molecule has 3 rings (SSSR count). The lowest BCUT2D eigenvalue weighted by Crippen LogP contribution is -2.23. The van der Waals surface area contributed by atoms with E-state index in [4.69, 9.17) is 0 Å². The average Bonchev–Trinajstić information content (AvgIpc) is 3.21. The van der Waals surface area contributed by atoms with Crippen molar-refractivity contribution in [1.29, 1.82) is 0 Å². The summed E-state index contributed by atoms with van der Waals surface area (Å²) < 4.78 is 2.10. The first kappa shape index (κ1) is 14.1. The molecule has 0 amide bonds. The van der Waals surface area contributed by atoms with Crippen molar-refractivity contribution in [3.05, 3.63) is 48.5 Å². The Morgan fingerprint density at radius 1 is 1.29 bits per heavy atom. The Morgan fingerprint density at radius 3 is 2.90 bits per heavy atom. The summed E-state index contributed by atoms with van der Waals surface area (Å²) in [6.07, 6.45) is 8.33. The summed E-state index contributed by atoms with van der Waals surface area (Å²) in [5.41, 5.74) is 2.73. The minimum atomic E-state index is 0.371. The van der Waals surface area contributed by atoms with Gasteiger partial charge in [-0.2, -0.15) is 0 Å². The van der Waals surface area contributed by atoms with Crippen LogP contribution in [0, 0.1) is 0 Å². The Kier molecular flexibility index (Phi) is 4.55. The highest BCUT2D eigenvalue weighted by Crippen LogP contribution is 2.23. The van der Waals surface area contributed by atoms with Gasteiger partial charge in [0.15, 0.2) is 0 Å².